The zero-order chi connectivity index (χ0) is 19.4. The standard InChI is InChI=1S/C23H28N2O2/c1-4-5-14-27-19-12-10-18(11-13-19)23(3)15-20(21(24)22(26)25-23)17-8-6-16(2)7-9-17/h6-13H,4-5,14-15,24H2,1-3H3,(H,25,26)/t23-/m0/s1. The summed E-state index contributed by atoms with van der Waals surface area (Å²) in [5.41, 5.74) is 10.0. The summed E-state index contributed by atoms with van der Waals surface area (Å²) < 4.78 is 5.74. The third kappa shape index (κ3) is 4.16. The molecule has 3 N–H and O–H groups in total. The number of aryl methyl sites for hydroxylation is 1. The molecule has 4 nitrogen and oxygen atoms in total. The van der Waals surface area contributed by atoms with Crippen LogP contribution in [0.4, 0.5) is 0 Å². The summed E-state index contributed by atoms with van der Waals surface area (Å²) in [7, 11) is 0. The Morgan fingerprint density at radius 1 is 1.11 bits per heavy atom. The smallest absolute Gasteiger partial charge is 0.268 e. The molecule has 0 saturated carbocycles. The van der Waals surface area contributed by atoms with E-state index in [0.29, 0.717) is 12.1 Å². The number of amides is 1. The van der Waals surface area contributed by atoms with E-state index < -0.39 is 5.54 Å². The van der Waals surface area contributed by atoms with Gasteiger partial charge in [0.05, 0.1) is 12.1 Å². The first-order valence-corrected chi connectivity index (χ1v) is 9.54. The highest BCUT2D eigenvalue weighted by Gasteiger charge is 2.36. The van der Waals surface area contributed by atoms with Crippen LogP contribution in [0.25, 0.3) is 5.57 Å². The third-order valence-corrected chi connectivity index (χ3v) is 5.15. The molecule has 4 heteroatoms. The number of carbonyl (C=O) groups is 1. The van der Waals surface area contributed by atoms with Gasteiger partial charge in [0.1, 0.15) is 11.4 Å². The van der Waals surface area contributed by atoms with E-state index in [0.717, 1.165) is 41.9 Å². The molecular weight excluding hydrogens is 336 g/mol. The largest absolute Gasteiger partial charge is 0.494 e. The van der Waals surface area contributed by atoms with E-state index in [1.807, 2.05) is 62.4 Å². The molecule has 0 aromatic heterocycles. The first-order valence-electron chi connectivity index (χ1n) is 9.54. The number of unbranched alkanes of at least 4 members (excludes halogenated alkanes) is 1. The molecule has 0 unspecified atom stereocenters. The van der Waals surface area contributed by atoms with Gasteiger partial charge in [-0.2, -0.15) is 0 Å². The lowest BCUT2D eigenvalue weighted by Gasteiger charge is -2.37. The second kappa shape index (κ2) is 7.87. The van der Waals surface area contributed by atoms with Crippen molar-refractivity contribution in [3.63, 3.8) is 0 Å². The van der Waals surface area contributed by atoms with Crippen molar-refractivity contribution in [2.45, 2.75) is 45.6 Å². The second-order valence-electron chi connectivity index (χ2n) is 7.45. The quantitative estimate of drug-likeness (QED) is 0.752. The predicted molar refractivity (Wildman–Crippen MR) is 109 cm³/mol. The van der Waals surface area contributed by atoms with Gasteiger partial charge in [-0.1, -0.05) is 55.3 Å². The molecule has 2 aromatic carbocycles. The molecule has 1 amide bonds. The van der Waals surface area contributed by atoms with Crippen LogP contribution in [0.2, 0.25) is 0 Å². The molecule has 1 atom stereocenters. The van der Waals surface area contributed by atoms with E-state index in [4.69, 9.17) is 10.5 Å². The number of nitrogens with one attached hydrogen (secondary N) is 1. The van der Waals surface area contributed by atoms with Crippen LogP contribution in [0.3, 0.4) is 0 Å². The van der Waals surface area contributed by atoms with Gasteiger partial charge in [-0.25, -0.2) is 0 Å². The normalized spacial score (nSPS) is 19.7. The Morgan fingerprint density at radius 3 is 2.41 bits per heavy atom. The summed E-state index contributed by atoms with van der Waals surface area (Å²) in [6.45, 7) is 6.95. The fraction of sp³-hybridized carbons (Fsp3) is 0.348. The van der Waals surface area contributed by atoms with Crippen LogP contribution in [0.15, 0.2) is 54.2 Å². The van der Waals surface area contributed by atoms with Gasteiger partial charge in [-0.3, -0.25) is 4.79 Å². The van der Waals surface area contributed by atoms with Crippen molar-refractivity contribution in [3.05, 3.63) is 70.9 Å². The fourth-order valence-corrected chi connectivity index (χ4v) is 3.39. The van der Waals surface area contributed by atoms with Crippen molar-refractivity contribution in [2.24, 2.45) is 5.73 Å². The Bertz CT molecular complexity index is 838. The molecule has 0 radical (unpaired) electrons. The maximum atomic E-state index is 12.6. The van der Waals surface area contributed by atoms with Crippen LogP contribution in [0.1, 0.15) is 49.8 Å². The molecule has 2 aromatic rings. The Morgan fingerprint density at radius 2 is 1.78 bits per heavy atom. The molecule has 142 valence electrons. The van der Waals surface area contributed by atoms with Gasteiger partial charge in [-0.05, 0) is 49.1 Å². The highest BCUT2D eigenvalue weighted by atomic mass is 16.5. The highest BCUT2D eigenvalue weighted by Crippen LogP contribution is 2.37. The molecular formula is C23H28N2O2. The maximum absolute atomic E-state index is 12.6. The van der Waals surface area contributed by atoms with Crippen LogP contribution < -0.4 is 15.8 Å². The average molecular weight is 364 g/mol. The zero-order valence-electron chi connectivity index (χ0n) is 16.3. The Labute approximate surface area is 161 Å². The summed E-state index contributed by atoms with van der Waals surface area (Å²) in [5, 5.41) is 3.08. The molecule has 0 bridgehead atoms. The maximum Gasteiger partial charge on any atom is 0.268 e. The summed E-state index contributed by atoms with van der Waals surface area (Å²) in [6.07, 6.45) is 2.79. The summed E-state index contributed by atoms with van der Waals surface area (Å²) in [6, 6.07) is 16.1. The molecule has 0 fully saturated rings. The van der Waals surface area contributed by atoms with Crippen molar-refractivity contribution in [3.8, 4) is 5.75 Å². The average Bonchev–Trinajstić information content (AvgIpc) is 2.66. The summed E-state index contributed by atoms with van der Waals surface area (Å²) in [5.74, 6) is 0.634. The lowest BCUT2D eigenvalue weighted by molar-refractivity contribution is -0.119. The first-order chi connectivity index (χ1) is 12.9. The molecule has 27 heavy (non-hydrogen) atoms. The minimum atomic E-state index is -0.512. The van der Waals surface area contributed by atoms with Gasteiger partial charge >= 0.3 is 0 Å². The predicted octanol–water partition coefficient (Wildman–Crippen LogP) is 4.28. The van der Waals surface area contributed by atoms with Crippen LogP contribution >= 0.6 is 0 Å². The van der Waals surface area contributed by atoms with Gasteiger partial charge in [0.25, 0.3) is 5.91 Å². The van der Waals surface area contributed by atoms with Gasteiger partial charge in [0.2, 0.25) is 0 Å². The van der Waals surface area contributed by atoms with Gasteiger partial charge in [-0.15, -0.1) is 0 Å². The van der Waals surface area contributed by atoms with Crippen molar-refractivity contribution < 1.29 is 9.53 Å². The van der Waals surface area contributed by atoms with E-state index in [1.54, 1.807) is 0 Å². The molecule has 3 rings (SSSR count). The molecule has 1 aliphatic rings. The number of ether oxygens (including phenoxy) is 1. The summed E-state index contributed by atoms with van der Waals surface area (Å²) in [4.78, 5) is 12.6. The van der Waals surface area contributed by atoms with Crippen molar-refractivity contribution in [2.75, 3.05) is 6.61 Å². The van der Waals surface area contributed by atoms with E-state index in [-0.39, 0.29) is 5.91 Å². The Hall–Kier alpha value is -2.75. The van der Waals surface area contributed by atoms with Crippen molar-refractivity contribution >= 4 is 11.5 Å². The third-order valence-electron chi connectivity index (χ3n) is 5.15. The number of carbonyl (C=O) groups excluding carboxylic acids is 1. The number of rotatable bonds is 6. The molecule has 0 aliphatic carbocycles. The van der Waals surface area contributed by atoms with Crippen molar-refractivity contribution in [1.29, 1.82) is 0 Å². The zero-order valence-corrected chi connectivity index (χ0v) is 16.3. The molecule has 1 aliphatic heterocycles. The van der Waals surface area contributed by atoms with Gasteiger partial charge in [0, 0.05) is 6.42 Å². The lowest BCUT2D eigenvalue weighted by atomic mass is 9.80. The Kier molecular flexibility index (Phi) is 5.54. The van der Waals surface area contributed by atoms with Crippen LogP contribution in [-0.2, 0) is 10.3 Å². The first kappa shape index (κ1) is 19.0. The number of benzene rings is 2. The number of hydrogen-bond donors (Lipinski definition) is 2. The van der Waals surface area contributed by atoms with Crippen LogP contribution in [0, 0.1) is 6.92 Å². The van der Waals surface area contributed by atoms with E-state index in [2.05, 4.69) is 12.2 Å². The van der Waals surface area contributed by atoms with E-state index in [9.17, 15) is 4.79 Å². The minimum absolute atomic E-state index is 0.220. The highest BCUT2D eigenvalue weighted by molar-refractivity contribution is 6.02. The van der Waals surface area contributed by atoms with Gasteiger partial charge in [0.15, 0.2) is 0 Å². The fourth-order valence-electron chi connectivity index (χ4n) is 3.39. The molecule has 0 spiro atoms. The van der Waals surface area contributed by atoms with Gasteiger partial charge < -0.3 is 15.8 Å². The van der Waals surface area contributed by atoms with Crippen LogP contribution in [-0.4, -0.2) is 12.5 Å². The second-order valence-corrected chi connectivity index (χ2v) is 7.45. The Balaban J connectivity index is 1.85. The monoisotopic (exact) mass is 364 g/mol. The topological polar surface area (TPSA) is 64.3 Å². The molecule has 0 saturated heterocycles. The number of hydrogen-bond acceptors (Lipinski definition) is 3. The number of nitrogens with two attached hydrogens (primary N) is 1. The molecule has 1 heterocycles. The summed E-state index contributed by atoms with van der Waals surface area (Å²) >= 11 is 0. The van der Waals surface area contributed by atoms with Crippen molar-refractivity contribution in [1.82, 2.24) is 5.32 Å². The lowest BCUT2D eigenvalue weighted by Crippen LogP contribution is -2.49. The minimum Gasteiger partial charge on any atom is -0.494 e. The van der Waals surface area contributed by atoms with E-state index in [1.165, 1.54) is 5.56 Å². The SMILES string of the molecule is CCCCOc1ccc([C@]2(C)CC(c3ccc(C)cc3)=C(N)C(=O)N2)cc1. The van der Waals surface area contributed by atoms with Crippen LogP contribution in [0.5, 0.6) is 5.75 Å². The van der Waals surface area contributed by atoms with E-state index >= 15 is 0 Å².